The van der Waals surface area contributed by atoms with E-state index in [4.69, 9.17) is 10.5 Å². The zero-order chi connectivity index (χ0) is 20.6. The van der Waals surface area contributed by atoms with Crippen LogP contribution in [-0.4, -0.2) is 12.0 Å². The van der Waals surface area contributed by atoms with Gasteiger partial charge >= 0.3 is 5.97 Å². The molecular formula is C25H38FNO2. The summed E-state index contributed by atoms with van der Waals surface area (Å²) in [7, 11) is 0. The third kappa shape index (κ3) is 6.04. The van der Waals surface area contributed by atoms with Gasteiger partial charge in [-0.3, -0.25) is 4.79 Å². The second kappa shape index (κ2) is 11.1. The van der Waals surface area contributed by atoms with Crippen LogP contribution in [0.2, 0.25) is 0 Å². The van der Waals surface area contributed by atoms with Crippen LogP contribution in [0.5, 0.6) is 5.75 Å². The van der Waals surface area contributed by atoms with Gasteiger partial charge in [0, 0.05) is 18.5 Å². The number of fused-ring (bicyclic) bond motifs is 4. The van der Waals surface area contributed by atoms with Crippen molar-refractivity contribution in [1.82, 2.24) is 0 Å². The topological polar surface area (TPSA) is 52.3 Å². The summed E-state index contributed by atoms with van der Waals surface area (Å²) in [6, 6.07) is 3.38. The molecule has 2 aliphatic rings. The summed E-state index contributed by atoms with van der Waals surface area (Å²) in [5.74, 6) is 0.410. The maximum Gasteiger partial charge on any atom is 0.311 e. The number of esters is 1. The highest BCUT2D eigenvalue weighted by Crippen LogP contribution is 2.43. The van der Waals surface area contributed by atoms with E-state index in [2.05, 4.69) is 6.92 Å². The zero-order valence-corrected chi connectivity index (χ0v) is 18.1. The molecule has 0 heterocycles. The lowest BCUT2D eigenvalue weighted by Crippen LogP contribution is -2.42. The molecule has 2 N–H and O–H groups in total. The van der Waals surface area contributed by atoms with Gasteiger partial charge in [0.1, 0.15) is 11.6 Å². The fourth-order valence-electron chi connectivity index (χ4n) is 5.17. The molecule has 0 aliphatic heterocycles. The second-order valence-corrected chi connectivity index (χ2v) is 9.10. The van der Waals surface area contributed by atoms with Gasteiger partial charge in [0.2, 0.25) is 0 Å². The first kappa shape index (κ1) is 22.3. The molecule has 0 spiro atoms. The van der Waals surface area contributed by atoms with Gasteiger partial charge in [-0.2, -0.15) is 0 Å². The van der Waals surface area contributed by atoms with Crippen LogP contribution in [0.3, 0.4) is 0 Å². The van der Waals surface area contributed by atoms with Crippen LogP contribution in [0.15, 0.2) is 12.1 Å². The largest absolute Gasteiger partial charge is 0.426 e. The number of hydrogen-bond acceptors (Lipinski definition) is 3. The molecule has 2 aliphatic carbocycles. The van der Waals surface area contributed by atoms with E-state index in [0.29, 0.717) is 24.5 Å². The number of hydrogen-bond donors (Lipinski definition) is 1. The standard InChI is InChI=1S/C25H38FNO2/c1-2-3-4-5-6-7-11-14-24(28)29-19-16-21-20-13-10-8-9-12-18(25(20)27)15-22(21)23(26)17-19/h16-18,20,25H,2-15,27H2,1H3. The fraction of sp³-hybridized carbons (Fsp3) is 0.720. The van der Waals surface area contributed by atoms with Gasteiger partial charge in [-0.25, -0.2) is 4.39 Å². The Morgan fingerprint density at radius 3 is 2.59 bits per heavy atom. The maximum absolute atomic E-state index is 14.9. The van der Waals surface area contributed by atoms with E-state index in [9.17, 15) is 9.18 Å². The molecule has 0 radical (unpaired) electrons. The monoisotopic (exact) mass is 403 g/mol. The van der Waals surface area contributed by atoms with Gasteiger partial charge in [-0.15, -0.1) is 0 Å². The summed E-state index contributed by atoms with van der Waals surface area (Å²) in [6.07, 6.45) is 14.9. The summed E-state index contributed by atoms with van der Waals surface area (Å²) in [6.45, 7) is 2.21. The minimum absolute atomic E-state index is 0.0841. The fourth-order valence-corrected chi connectivity index (χ4v) is 5.17. The summed E-state index contributed by atoms with van der Waals surface area (Å²) in [5.41, 5.74) is 8.35. The molecule has 3 rings (SSSR count). The number of halogens is 1. The van der Waals surface area contributed by atoms with E-state index < -0.39 is 0 Å². The molecular weight excluding hydrogens is 365 g/mol. The molecule has 4 heteroatoms. The molecule has 3 unspecified atom stereocenters. The molecule has 29 heavy (non-hydrogen) atoms. The average molecular weight is 404 g/mol. The molecule has 1 aromatic rings. The molecule has 3 nitrogen and oxygen atoms in total. The number of rotatable bonds is 9. The van der Waals surface area contributed by atoms with Crippen molar-refractivity contribution in [3.8, 4) is 5.75 Å². The highest BCUT2D eigenvalue weighted by atomic mass is 19.1. The number of carbonyl (C=O) groups is 1. The van der Waals surface area contributed by atoms with Crippen LogP contribution in [0.4, 0.5) is 4.39 Å². The van der Waals surface area contributed by atoms with E-state index in [-0.39, 0.29) is 23.7 Å². The first-order chi connectivity index (χ1) is 14.1. The van der Waals surface area contributed by atoms with Gasteiger partial charge in [0.25, 0.3) is 0 Å². The molecule has 0 aromatic heterocycles. The molecule has 1 saturated carbocycles. The Hall–Kier alpha value is -1.42. The van der Waals surface area contributed by atoms with Crippen molar-refractivity contribution in [3.63, 3.8) is 0 Å². The van der Waals surface area contributed by atoms with Gasteiger partial charge < -0.3 is 10.5 Å². The summed E-state index contributed by atoms with van der Waals surface area (Å²) in [5, 5.41) is 0. The SMILES string of the molecule is CCCCCCCCCC(=O)Oc1cc(F)c2c(c1)C1CCCCCC(C2)C1N. The highest BCUT2D eigenvalue weighted by molar-refractivity contribution is 5.72. The molecule has 0 saturated heterocycles. The molecule has 0 amide bonds. The van der Waals surface area contributed by atoms with Gasteiger partial charge in [-0.1, -0.05) is 64.7 Å². The Balaban J connectivity index is 1.57. The first-order valence-electron chi connectivity index (χ1n) is 11.9. The van der Waals surface area contributed by atoms with Gasteiger partial charge in [-0.05, 0) is 54.7 Å². The van der Waals surface area contributed by atoms with Gasteiger partial charge in [0.05, 0.1) is 0 Å². The zero-order valence-electron chi connectivity index (χ0n) is 18.1. The van der Waals surface area contributed by atoms with Gasteiger partial charge in [0.15, 0.2) is 0 Å². The number of ether oxygens (including phenoxy) is 1. The van der Waals surface area contributed by atoms with Crippen LogP contribution in [0.1, 0.15) is 107 Å². The third-order valence-electron chi connectivity index (χ3n) is 6.88. The van der Waals surface area contributed by atoms with E-state index in [1.54, 1.807) is 0 Å². The summed E-state index contributed by atoms with van der Waals surface area (Å²) in [4.78, 5) is 12.2. The van der Waals surface area contributed by atoms with E-state index in [1.807, 2.05) is 6.07 Å². The Bertz CT molecular complexity index is 675. The molecule has 1 fully saturated rings. The van der Waals surface area contributed by atoms with E-state index >= 15 is 0 Å². The summed E-state index contributed by atoms with van der Waals surface area (Å²) < 4.78 is 20.4. The smallest absolute Gasteiger partial charge is 0.311 e. The van der Waals surface area contributed by atoms with Crippen molar-refractivity contribution in [2.75, 3.05) is 0 Å². The van der Waals surface area contributed by atoms with Crippen molar-refractivity contribution in [2.45, 2.75) is 109 Å². The number of nitrogens with two attached hydrogens (primary N) is 1. The minimum atomic E-state index is -0.256. The minimum Gasteiger partial charge on any atom is -0.426 e. The maximum atomic E-state index is 14.9. The average Bonchev–Trinajstić information content (AvgIpc) is 2.69. The van der Waals surface area contributed by atoms with Crippen molar-refractivity contribution < 1.29 is 13.9 Å². The van der Waals surface area contributed by atoms with Crippen LogP contribution in [-0.2, 0) is 11.2 Å². The number of carbonyl (C=O) groups excluding carboxylic acids is 1. The molecule has 2 bridgehead atoms. The normalized spacial score (nSPS) is 23.8. The second-order valence-electron chi connectivity index (χ2n) is 9.10. The van der Waals surface area contributed by atoms with Crippen LogP contribution < -0.4 is 10.5 Å². The third-order valence-corrected chi connectivity index (χ3v) is 6.88. The lowest BCUT2D eigenvalue weighted by Gasteiger charge is -2.39. The van der Waals surface area contributed by atoms with E-state index in [0.717, 1.165) is 43.2 Å². The van der Waals surface area contributed by atoms with E-state index in [1.165, 1.54) is 51.0 Å². The number of benzene rings is 1. The summed E-state index contributed by atoms with van der Waals surface area (Å²) >= 11 is 0. The Labute approximate surface area is 175 Å². The predicted molar refractivity (Wildman–Crippen MR) is 116 cm³/mol. The molecule has 3 atom stereocenters. The van der Waals surface area contributed by atoms with Crippen molar-refractivity contribution in [1.29, 1.82) is 0 Å². The van der Waals surface area contributed by atoms with Crippen molar-refractivity contribution in [3.05, 3.63) is 29.1 Å². The quantitative estimate of drug-likeness (QED) is 0.294. The Kier molecular flexibility index (Phi) is 8.53. The Morgan fingerprint density at radius 1 is 1.07 bits per heavy atom. The lowest BCUT2D eigenvalue weighted by molar-refractivity contribution is -0.134. The number of unbranched alkanes of at least 4 members (excludes halogenated alkanes) is 6. The molecule has 1 aromatic carbocycles. The van der Waals surface area contributed by atoms with Crippen molar-refractivity contribution in [2.24, 2.45) is 11.7 Å². The predicted octanol–water partition coefficient (Wildman–Crippen LogP) is 6.42. The Morgan fingerprint density at radius 2 is 1.79 bits per heavy atom. The highest BCUT2D eigenvalue weighted by Gasteiger charge is 2.36. The van der Waals surface area contributed by atoms with Crippen LogP contribution >= 0.6 is 0 Å². The van der Waals surface area contributed by atoms with Crippen LogP contribution in [0.25, 0.3) is 0 Å². The first-order valence-corrected chi connectivity index (χ1v) is 11.9. The van der Waals surface area contributed by atoms with Crippen molar-refractivity contribution >= 4 is 5.97 Å². The molecule has 162 valence electrons. The lowest BCUT2D eigenvalue weighted by atomic mass is 9.68. The van der Waals surface area contributed by atoms with Crippen LogP contribution in [0, 0.1) is 11.7 Å².